The second-order valence-electron chi connectivity index (χ2n) is 7.22. The first-order valence-electron chi connectivity index (χ1n) is 9.23. The van der Waals surface area contributed by atoms with Gasteiger partial charge in [0.15, 0.2) is 0 Å². The van der Waals surface area contributed by atoms with E-state index < -0.39 is 0 Å². The van der Waals surface area contributed by atoms with Gasteiger partial charge in [-0.05, 0) is 42.8 Å². The van der Waals surface area contributed by atoms with Gasteiger partial charge >= 0.3 is 0 Å². The SMILES string of the molecule is Cc1ccc(C2=NN3[C@@H](C2)c2cc(Br)ccc2O[C@H]3c2cccc(Cl)c2)cc1. The summed E-state index contributed by atoms with van der Waals surface area (Å²) in [5.74, 6) is 0.898. The van der Waals surface area contributed by atoms with E-state index in [-0.39, 0.29) is 12.3 Å². The van der Waals surface area contributed by atoms with Crippen LogP contribution in [0.25, 0.3) is 0 Å². The molecule has 3 aromatic carbocycles. The van der Waals surface area contributed by atoms with Crippen molar-refractivity contribution in [2.45, 2.75) is 25.6 Å². The van der Waals surface area contributed by atoms with Crippen molar-refractivity contribution in [1.82, 2.24) is 5.01 Å². The summed E-state index contributed by atoms with van der Waals surface area (Å²) in [6, 6.07) is 22.7. The standard InChI is InChI=1S/C23H18BrClN2O/c1-14-5-7-15(8-6-14)20-13-21-19-12-17(24)9-10-22(19)28-23(27(21)26-20)16-3-2-4-18(25)11-16/h2-12,21,23H,13H2,1H3/t21-,23-/m0/s1. The van der Waals surface area contributed by atoms with Crippen molar-refractivity contribution in [3.8, 4) is 5.75 Å². The van der Waals surface area contributed by atoms with Gasteiger partial charge in [0.2, 0.25) is 6.23 Å². The molecule has 3 nitrogen and oxygen atoms in total. The molecule has 0 saturated carbocycles. The van der Waals surface area contributed by atoms with Crippen LogP contribution < -0.4 is 4.74 Å². The van der Waals surface area contributed by atoms with Crippen molar-refractivity contribution >= 4 is 33.2 Å². The first kappa shape index (κ1) is 17.8. The Hall–Kier alpha value is -2.30. The molecule has 2 atom stereocenters. The summed E-state index contributed by atoms with van der Waals surface area (Å²) < 4.78 is 7.43. The van der Waals surface area contributed by atoms with Gasteiger partial charge in [0, 0.05) is 27.0 Å². The Morgan fingerprint density at radius 2 is 1.89 bits per heavy atom. The highest BCUT2D eigenvalue weighted by atomic mass is 79.9. The van der Waals surface area contributed by atoms with Gasteiger partial charge in [-0.15, -0.1) is 0 Å². The monoisotopic (exact) mass is 452 g/mol. The van der Waals surface area contributed by atoms with Crippen LogP contribution in [0.15, 0.2) is 76.3 Å². The van der Waals surface area contributed by atoms with E-state index >= 15 is 0 Å². The molecule has 5 rings (SSSR count). The Morgan fingerprint density at radius 1 is 1.07 bits per heavy atom. The number of hydrogen-bond acceptors (Lipinski definition) is 3. The van der Waals surface area contributed by atoms with Crippen molar-refractivity contribution < 1.29 is 4.74 Å². The van der Waals surface area contributed by atoms with Gasteiger partial charge < -0.3 is 4.74 Å². The molecular weight excluding hydrogens is 436 g/mol. The highest BCUT2D eigenvalue weighted by Gasteiger charge is 2.41. The van der Waals surface area contributed by atoms with E-state index in [0.717, 1.165) is 39.0 Å². The fourth-order valence-electron chi connectivity index (χ4n) is 3.86. The van der Waals surface area contributed by atoms with Crippen LogP contribution in [0.2, 0.25) is 5.02 Å². The van der Waals surface area contributed by atoms with Crippen molar-refractivity contribution in [1.29, 1.82) is 0 Å². The van der Waals surface area contributed by atoms with Crippen LogP contribution in [-0.4, -0.2) is 10.7 Å². The third-order valence-corrected chi connectivity index (χ3v) is 6.00. The Bertz CT molecular complexity index is 1080. The van der Waals surface area contributed by atoms with Crippen molar-refractivity contribution in [2.24, 2.45) is 5.10 Å². The Morgan fingerprint density at radius 3 is 2.68 bits per heavy atom. The zero-order chi connectivity index (χ0) is 19.3. The summed E-state index contributed by atoms with van der Waals surface area (Å²) in [4.78, 5) is 0. The number of nitrogens with zero attached hydrogens (tertiary/aromatic N) is 2. The highest BCUT2D eigenvalue weighted by molar-refractivity contribution is 9.10. The zero-order valence-electron chi connectivity index (χ0n) is 15.3. The van der Waals surface area contributed by atoms with Crippen LogP contribution >= 0.6 is 27.5 Å². The molecule has 0 bridgehead atoms. The van der Waals surface area contributed by atoms with Crippen LogP contribution in [-0.2, 0) is 0 Å². The molecule has 0 aromatic heterocycles. The molecule has 0 spiro atoms. The predicted molar refractivity (Wildman–Crippen MR) is 116 cm³/mol. The number of hydrogen-bond donors (Lipinski definition) is 0. The molecule has 140 valence electrons. The zero-order valence-corrected chi connectivity index (χ0v) is 17.6. The lowest BCUT2D eigenvalue weighted by Crippen LogP contribution is -2.33. The topological polar surface area (TPSA) is 24.8 Å². The van der Waals surface area contributed by atoms with Crippen LogP contribution in [0.4, 0.5) is 0 Å². The number of benzene rings is 3. The van der Waals surface area contributed by atoms with E-state index in [9.17, 15) is 0 Å². The summed E-state index contributed by atoms with van der Waals surface area (Å²) in [5, 5.41) is 7.77. The van der Waals surface area contributed by atoms with E-state index in [1.165, 1.54) is 5.56 Å². The maximum atomic E-state index is 6.38. The molecule has 0 aliphatic carbocycles. The molecule has 0 fully saturated rings. The van der Waals surface area contributed by atoms with Gasteiger partial charge in [-0.1, -0.05) is 69.5 Å². The number of fused-ring (bicyclic) bond motifs is 3. The lowest BCUT2D eigenvalue weighted by atomic mass is 9.95. The molecule has 2 aliphatic rings. The van der Waals surface area contributed by atoms with Crippen LogP contribution in [0.5, 0.6) is 5.75 Å². The summed E-state index contributed by atoms with van der Waals surface area (Å²) >= 11 is 9.85. The quantitative estimate of drug-likeness (QED) is 0.434. The summed E-state index contributed by atoms with van der Waals surface area (Å²) in [7, 11) is 0. The smallest absolute Gasteiger partial charge is 0.213 e. The van der Waals surface area contributed by atoms with Gasteiger partial charge in [0.05, 0.1) is 11.8 Å². The molecule has 3 aromatic rings. The third kappa shape index (κ3) is 3.11. The van der Waals surface area contributed by atoms with E-state index in [2.05, 4.69) is 58.2 Å². The number of aryl methyl sites for hydroxylation is 1. The first-order valence-corrected chi connectivity index (χ1v) is 10.4. The third-order valence-electron chi connectivity index (χ3n) is 5.27. The minimum atomic E-state index is -0.305. The minimum Gasteiger partial charge on any atom is -0.464 e. The molecule has 0 saturated heterocycles. The van der Waals surface area contributed by atoms with E-state index in [0.29, 0.717) is 5.02 Å². The average molecular weight is 454 g/mol. The summed E-state index contributed by atoms with van der Waals surface area (Å²) in [6.45, 7) is 2.10. The number of hydrazone groups is 1. The molecule has 0 radical (unpaired) electrons. The number of rotatable bonds is 2. The molecular formula is C23H18BrClN2O. The predicted octanol–water partition coefficient (Wildman–Crippen LogP) is 6.65. The Labute approximate surface area is 177 Å². The van der Waals surface area contributed by atoms with Crippen molar-refractivity contribution in [3.05, 3.63) is 98.5 Å². The second-order valence-corrected chi connectivity index (χ2v) is 8.57. The molecule has 2 heterocycles. The lowest BCUT2D eigenvalue weighted by molar-refractivity contribution is -0.0190. The average Bonchev–Trinajstić information content (AvgIpc) is 3.14. The molecule has 0 amide bonds. The molecule has 2 aliphatic heterocycles. The van der Waals surface area contributed by atoms with Crippen molar-refractivity contribution in [3.63, 3.8) is 0 Å². The molecule has 0 unspecified atom stereocenters. The van der Waals surface area contributed by atoms with Gasteiger partial charge in [-0.3, -0.25) is 0 Å². The molecule has 5 heteroatoms. The van der Waals surface area contributed by atoms with Gasteiger partial charge in [0.25, 0.3) is 0 Å². The van der Waals surface area contributed by atoms with Crippen LogP contribution in [0, 0.1) is 6.92 Å². The van der Waals surface area contributed by atoms with E-state index in [1.54, 1.807) is 0 Å². The van der Waals surface area contributed by atoms with Gasteiger partial charge in [-0.25, -0.2) is 5.01 Å². The summed E-state index contributed by atoms with van der Waals surface area (Å²) in [5.41, 5.74) is 5.63. The van der Waals surface area contributed by atoms with Crippen molar-refractivity contribution in [2.75, 3.05) is 0 Å². The van der Waals surface area contributed by atoms with Gasteiger partial charge in [0.1, 0.15) is 5.75 Å². The number of halogens is 2. The Balaban J connectivity index is 1.61. The highest BCUT2D eigenvalue weighted by Crippen LogP contribution is 2.48. The first-order chi connectivity index (χ1) is 13.6. The molecule has 0 N–H and O–H groups in total. The second kappa shape index (κ2) is 6.94. The Kier molecular flexibility index (Phi) is 4.41. The number of ether oxygens (including phenoxy) is 1. The van der Waals surface area contributed by atoms with Gasteiger partial charge in [-0.2, -0.15) is 5.10 Å². The normalized spacial score (nSPS) is 20.2. The maximum absolute atomic E-state index is 6.38. The minimum absolute atomic E-state index is 0.126. The lowest BCUT2D eigenvalue weighted by Gasteiger charge is -2.38. The molecule has 28 heavy (non-hydrogen) atoms. The maximum Gasteiger partial charge on any atom is 0.213 e. The largest absolute Gasteiger partial charge is 0.464 e. The van der Waals surface area contributed by atoms with E-state index in [1.807, 2.05) is 36.4 Å². The summed E-state index contributed by atoms with van der Waals surface area (Å²) in [6.07, 6.45) is 0.535. The fourth-order valence-corrected chi connectivity index (χ4v) is 4.44. The van der Waals surface area contributed by atoms with E-state index in [4.69, 9.17) is 21.4 Å². The van der Waals surface area contributed by atoms with Crippen LogP contribution in [0.3, 0.4) is 0 Å². The fraction of sp³-hybridized carbons (Fsp3) is 0.174. The van der Waals surface area contributed by atoms with Crippen LogP contribution in [0.1, 0.15) is 40.9 Å².